The van der Waals surface area contributed by atoms with Crippen molar-refractivity contribution in [1.29, 1.82) is 0 Å². The molecule has 7 nitrogen and oxygen atoms in total. The first-order valence-corrected chi connectivity index (χ1v) is 5.70. The molecule has 0 heterocycles. The quantitative estimate of drug-likeness (QED) is 0.523. The zero-order valence-corrected chi connectivity index (χ0v) is 10.6. The van der Waals surface area contributed by atoms with Crippen molar-refractivity contribution in [3.05, 3.63) is 0 Å². The third-order valence-corrected chi connectivity index (χ3v) is 2.49. The molecule has 0 fully saturated rings. The van der Waals surface area contributed by atoms with Crippen LogP contribution in [0.25, 0.3) is 0 Å². The van der Waals surface area contributed by atoms with Gasteiger partial charge in [0.25, 0.3) is 0 Å². The number of primary amides is 1. The highest BCUT2D eigenvalue weighted by molar-refractivity contribution is 5.84. The number of ether oxygens (including phenoxy) is 1. The molecule has 2 atom stereocenters. The molecule has 104 valence electrons. The van der Waals surface area contributed by atoms with E-state index in [1.54, 1.807) is 0 Å². The Morgan fingerprint density at radius 2 is 1.89 bits per heavy atom. The molecule has 0 aromatic heterocycles. The molecule has 0 bridgehead atoms. The number of carboxylic acids is 1. The van der Waals surface area contributed by atoms with E-state index in [-0.39, 0.29) is 31.3 Å². The van der Waals surface area contributed by atoms with Crippen molar-refractivity contribution >= 4 is 17.8 Å². The molecule has 0 aliphatic rings. The molecular formula is C11H20N2O5. The van der Waals surface area contributed by atoms with Gasteiger partial charge in [-0.25, -0.2) is 4.79 Å². The number of hydrogen-bond donors (Lipinski definition) is 3. The second-order valence-corrected chi connectivity index (χ2v) is 4.05. The van der Waals surface area contributed by atoms with Crippen LogP contribution >= 0.6 is 0 Å². The fourth-order valence-electron chi connectivity index (χ4n) is 1.26. The lowest BCUT2D eigenvalue weighted by molar-refractivity contribution is -0.142. The summed E-state index contributed by atoms with van der Waals surface area (Å²) in [5, 5.41) is 11.2. The summed E-state index contributed by atoms with van der Waals surface area (Å²) in [6.07, 6.45) is 0.534. The smallest absolute Gasteiger partial charge is 0.326 e. The fourth-order valence-corrected chi connectivity index (χ4v) is 1.26. The number of hydrogen-bond acceptors (Lipinski definition) is 4. The standard InChI is InChI=1S/C11H20N2O5/c1-7(18-2)3-6-10(15)13-8(11(16)17)4-5-9(12)14/h7-8H,3-6H2,1-2H3,(H2,12,14)(H,13,15)(H,16,17)/t7?,8-/m1/s1. The molecule has 4 N–H and O–H groups in total. The summed E-state index contributed by atoms with van der Waals surface area (Å²) in [5.74, 6) is -2.15. The second-order valence-electron chi connectivity index (χ2n) is 4.05. The van der Waals surface area contributed by atoms with Gasteiger partial charge >= 0.3 is 5.97 Å². The SMILES string of the molecule is COC(C)CCC(=O)N[C@H](CCC(N)=O)C(=O)O. The Morgan fingerprint density at radius 3 is 2.33 bits per heavy atom. The number of aliphatic carboxylic acids is 1. The van der Waals surface area contributed by atoms with Crippen LogP contribution in [0.15, 0.2) is 0 Å². The predicted molar refractivity (Wildman–Crippen MR) is 63.7 cm³/mol. The maximum Gasteiger partial charge on any atom is 0.326 e. The van der Waals surface area contributed by atoms with Crippen molar-refractivity contribution in [1.82, 2.24) is 5.32 Å². The van der Waals surface area contributed by atoms with E-state index in [4.69, 9.17) is 15.6 Å². The van der Waals surface area contributed by atoms with Crippen molar-refractivity contribution in [2.45, 2.75) is 44.8 Å². The Labute approximate surface area is 106 Å². The lowest BCUT2D eigenvalue weighted by atomic mass is 10.1. The van der Waals surface area contributed by atoms with Gasteiger partial charge in [-0.1, -0.05) is 0 Å². The number of carbonyl (C=O) groups is 3. The average molecular weight is 260 g/mol. The normalized spacial score (nSPS) is 13.7. The first-order valence-electron chi connectivity index (χ1n) is 5.70. The van der Waals surface area contributed by atoms with Crippen molar-refractivity contribution in [3.8, 4) is 0 Å². The fraction of sp³-hybridized carbons (Fsp3) is 0.727. The van der Waals surface area contributed by atoms with Crippen molar-refractivity contribution in [2.24, 2.45) is 5.73 Å². The molecule has 2 amide bonds. The highest BCUT2D eigenvalue weighted by Crippen LogP contribution is 2.02. The van der Waals surface area contributed by atoms with Crippen LogP contribution in [0.2, 0.25) is 0 Å². The first-order chi connectivity index (χ1) is 8.36. The maximum absolute atomic E-state index is 11.5. The molecule has 0 aliphatic heterocycles. The van der Waals surface area contributed by atoms with Gasteiger partial charge in [-0.15, -0.1) is 0 Å². The summed E-state index contributed by atoms with van der Waals surface area (Å²) in [4.78, 5) is 32.9. The van der Waals surface area contributed by atoms with Crippen molar-refractivity contribution < 1.29 is 24.2 Å². The minimum Gasteiger partial charge on any atom is -0.480 e. The van der Waals surface area contributed by atoms with Gasteiger partial charge in [0, 0.05) is 20.0 Å². The number of rotatable bonds is 9. The third-order valence-electron chi connectivity index (χ3n) is 2.49. The Hall–Kier alpha value is -1.63. The maximum atomic E-state index is 11.5. The highest BCUT2D eigenvalue weighted by atomic mass is 16.5. The van der Waals surface area contributed by atoms with Gasteiger partial charge in [0.2, 0.25) is 11.8 Å². The van der Waals surface area contributed by atoms with Gasteiger partial charge < -0.3 is 20.9 Å². The van der Waals surface area contributed by atoms with Gasteiger partial charge in [-0.3, -0.25) is 9.59 Å². The minimum atomic E-state index is -1.18. The van der Waals surface area contributed by atoms with Crippen LogP contribution in [-0.4, -0.2) is 42.1 Å². The Bertz CT molecular complexity index is 306. The van der Waals surface area contributed by atoms with E-state index < -0.39 is 17.9 Å². The van der Waals surface area contributed by atoms with Crippen molar-refractivity contribution in [3.63, 3.8) is 0 Å². The van der Waals surface area contributed by atoms with E-state index >= 15 is 0 Å². The summed E-state index contributed by atoms with van der Waals surface area (Å²) < 4.78 is 4.97. The van der Waals surface area contributed by atoms with Crippen LogP contribution in [0.5, 0.6) is 0 Å². The molecule has 0 radical (unpaired) electrons. The van der Waals surface area contributed by atoms with E-state index in [0.29, 0.717) is 6.42 Å². The van der Waals surface area contributed by atoms with Crippen LogP contribution in [0.3, 0.4) is 0 Å². The molecule has 0 rings (SSSR count). The number of nitrogens with two attached hydrogens (primary N) is 1. The summed E-state index contributed by atoms with van der Waals surface area (Å²) in [6.45, 7) is 1.81. The lowest BCUT2D eigenvalue weighted by Gasteiger charge is -2.14. The summed E-state index contributed by atoms with van der Waals surface area (Å²) in [6, 6.07) is -1.08. The molecule has 0 aliphatic carbocycles. The molecule has 18 heavy (non-hydrogen) atoms. The predicted octanol–water partition coefficient (Wildman–Crippen LogP) is -0.364. The third kappa shape index (κ3) is 7.61. The van der Waals surface area contributed by atoms with E-state index in [9.17, 15) is 14.4 Å². The van der Waals surface area contributed by atoms with Gasteiger partial charge in [0.1, 0.15) is 6.04 Å². The zero-order chi connectivity index (χ0) is 14.1. The first kappa shape index (κ1) is 16.4. The van der Waals surface area contributed by atoms with Gasteiger partial charge in [0.15, 0.2) is 0 Å². The van der Waals surface area contributed by atoms with Crippen LogP contribution < -0.4 is 11.1 Å². The van der Waals surface area contributed by atoms with Gasteiger partial charge in [-0.2, -0.15) is 0 Å². The number of nitrogens with one attached hydrogen (secondary N) is 1. The van der Waals surface area contributed by atoms with Crippen LogP contribution in [0.4, 0.5) is 0 Å². The van der Waals surface area contributed by atoms with Crippen LogP contribution in [-0.2, 0) is 19.1 Å². The molecular weight excluding hydrogens is 240 g/mol. The number of carboxylic acid groups (broad SMARTS) is 1. The van der Waals surface area contributed by atoms with Gasteiger partial charge in [-0.05, 0) is 19.8 Å². The molecule has 0 aromatic rings. The van der Waals surface area contributed by atoms with E-state index in [0.717, 1.165) is 0 Å². The summed E-state index contributed by atoms with van der Waals surface area (Å²) >= 11 is 0. The van der Waals surface area contributed by atoms with Crippen LogP contribution in [0, 0.1) is 0 Å². The molecule has 0 saturated carbocycles. The van der Waals surface area contributed by atoms with Crippen LogP contribution in [0.1, 0.15) is 32.6 Å². The number of methoxy groups -OCH3 is 1. The van der Waals surface area contributed by atoms with Gasteiger partial charge in [0.05, 0.1) is 6.10 Å². The largest absolute Gasteiger partial charge is 0.480 e. The summed E-state index contributed by atoms with van der Waals surface area (Å²) in [5.41, 5.74) is 4.93. The zero-order valence-electron chi connectivity index (χ0n) is 10.6. The average Bonchev–Trinajstić information content (AvgIpc) is 2.30. The molecule has 0 saturated heterocycles. The van der Waals surface area contributed by atoms with E-state index in [1.165, 1.54) is 7.11 Å². The highest BCUT2D eigenvalue weighted by Gasteiger charge is 2.20. The minimum absolute atomic E-state index is 0.00373. The second kappa shape index (κ2) is 8.46. The Balaban J connectivity index is 4.11. The number of amides is 2. The molecule has 7 heteroatoms. The lowest BCUT2D eigenvalue weighted by Crippen LogP contribution is -2.41. The topological polar surface area (TPSA) is 119 Å². The molecule has 0 spiro atoms. The molecule has 1 unspecified atom stereocenters. The molecule has 0 aromatic carbocycles. The van der Waals surface area contributed by atoms with Crippen molar-refractivity contribution in [2.75, 3.05) is 7.11 Å². The Morgan fingerprint density at radius 1 is 1.28 bits per heavy atom. The number of carbonyl (C=O) groups excluding carboxylic acids is 2. The monoisotopic (exact) mass is 260 g/mol. The van der Waals surface area contributed by atoms with E-state index in [2.05, 4.69) is 5.32 Å². The summed E-state index contributed by atoms with van der Waals surface area (Å²) in [7, 11) is 1.54. The van der Waals surface area contributed by atoms with E-state index in [1.807, 2.05) is 6.92 Å². The Kier molecular flexibility index (Phi) is 7.69.